The second kappa shape index (κ2) is 5.99. The van der Waals surface area contributed by atoms with Gasteiger partial charge in [0.05, 0.1) is 5.41 Å². The van der Waals surface area contributed by atoms with Crippen LogP contribution in [0.1, 0.15) is 19.3 Å². The Bertz CT molecular complexity index is 373. The van der Waals surface area contributed by atoms with Crippen molar-refractivity contribution in [2.75, 3.05) is 33.7 Å². The van der Waals surface area contributed by atoms with Crippen LogP contribution in [0.15, 0.2) is 0 Å². The van der Waals surface area contributed by atoms with E-state index in [1.165, 1.54) is 14.1 Å². The first kappa shape index (κ1) is 16.7. The molecule has 20 heavy (non-hydrogen) atoms. The zero-order valence-corrected chi connectivity index (χ0v) is 11.7. The minimum atomic E-state index is -4.54. The molecule has 1 saturated carbocycles. The van der Waals surface area contributed by atoms with Gasteiger partial charge in [-0.3, -0.25) is 9.59 Å². The SMILES string of the molecule is CN(C)C(=O)CN(CC(F)(F)F)C(=O)C1(CN)CCC1. The Kier molecular flexibility index (Phi) is 5.01. The first-order chi connectivity index (χ1) is 9.11. The molecule has 0 radical (unpaired) electrons. The third-order valence-corrected chi connectivity index (χ3v) is 3.64. The Morgan fingerprint density at radius 2 is 1.80 bits per heavy atom. The highest BCUT2D eigenvalue weighted by atomic mass is 19.4. The Labute approximate surface area is 115 Å². The highest BCUT2D eigenvalue weighted by molar-refractivity contribution is 5.88. The van der Waals surface area contributed by atoms with Crippen molar-refractivity contribution >= 4 is 11.8 Å². The topological polar surface area (TPSA) is 66.6 Å². The number of carbonyl (C=O) groups is 2. The summed E-state index contributed by atoms with van der Waals surface area (Å²) in [4.78, 5) is 25.6. The van der Waals surface area contributed by atoms with Crippen molar-refractivity contribution < 1.29 is 22.8 Å². The fraction of sp³-hybridized carbons (Fsp3) is 0.833. The van der Waals surface area contributed by atoms with Crippen LogP contribution in [0.4, 0.5) is 13.2 Å². The average Bonchev–Trinajstić information content (AvgIpc) is 2.25. The van der Waals surface area contributed by atoms with Gasteiger partial charge in [0.15, 0.2) is 0 Å². The standard InChI is InChI=1S/C12H20F3N3O2/c1-17(2)9(19)6-18(8-12(13,14)15)10(20)11(7-16)4-3-5-11/h3-8,16H2,1-2H3. The molecule has 8 heteroatoms. The van der Waals surface area contributed by atoms with E-state index >= 15 is 0 Å². The van der Waals surface area contributed by atoms with E-state index in [9.17, 15) is 22.8 Å². The lowest BCUT2D eigenvalue weighted by atomic mass is 9.68. The maximum atomic E-state index is 12.6. The van der Waals surface area contributed by atoms with Crippen LogP contribution < -0.4 is 5.73 Å². The molecule has 1 aliphatic carbocycles. The van der Waals surface area contributed by atoms with Crippen LogP contribution >= 0.6 is 0 Å². The van der Waals surface area contributed by atoms with Gasteiger partial charge in [0, 0.05) is 20.6 Å². The molecule has 1 rings (SSSR count). The van der Waals surface area contributed by atoms with Gasteiger partial charge in [-0.25, -0.2) is 0 Å². The van der Waals surface area contributed by atoms with E-state index in [2.05, 4.69) is 0 Å². The number of amides is 2. The predicted octanol–water partition coefficient (Wildman–Crippen LogP) is 0.594. The van der Waals surface area contributed by atoms with Crippen molar-refractivity contribution in [1.82, 2.24) is 9.80 Å². The highest BCUT2D eigenvalue weighted by Gasteiger charge is 2.47. The van der Waals surface area contributed by atoms with Crippen LogP contribution in [-0.2, 0) is 9.59 Å². The summed E-state index contributed by atoms with van der Waals surface area (Å²) in [6.45, 7) is -1.99. The molecule has 0 atom stereocenters. The molecule has 0 aromatic rings. The zero-order chi connectivity index (χ0) is 15.6. The smallest absolute Gasteiger partial charge is 0.347 e. The van der Waals surface area contributed by atoms with E-state index < -0.39 is 36.5 Å². The number of rotatable bonds is 5. The van der Waals surface area contributed by atoms with Gasteiger partial charge >= 0.3 is 6.18 Å². The molecule has 0 heterocycles. The van der Waals surface area contributed by atoms with Crippen LogP contribution in [0.3, 0.4) is 0 Å². The van der Waals surface area contributed by atoms with Gasteiger partial charge in [0.2, 0.25) is 11.8 Å². The monoisotopic (exact) mass is 295 g/mol. The number of likely N-dealkylation sites (N-methyl/N-ethyl adjacent to an activating group) is 1. The Morgan fingerprint density at radius 3 is 2.10 bits per heavy atom. The number of nitrogens with zero attached hydrogens (tertiary/aromatic N) is 2. The van der Waals surface area contributed by atoms with Gasteiger partial charge in [-0.05, 0) is 12.8 Å². The molecule has 1 fully saturated rings. The molecular weight excluding hydrogens is 275 g/mol. The predicted molar refractivity (Wildman–Crippen MR) is 66.7 cm³/mol. The number of nitrogens with two attached hydrogens (primary N) is 1. The van der Waals surface area contributed by atoms with Gasteiger partial charge in [0.1, 0.15) is 13.1 Å². The van der Waals surface area contributed by atoms with Gasteiger partial charge in [-0.2, -0.15) is 13.2 Å². The lowest BCUT2D eigenvalue weighted by Gasteiger charge is -2.42. The van der Waals surface area contributed by atoms with Gasteiger partial charge in [-0.15, -0.1) is 0 Å². The summed E-state index contributed by atoms with van der Waals surface area (Å²) in [5.41, 5.74) is 4.62. The second-order valence-electron chi connectivity index (χ2n) is 5.40. The van der Waals surface area contributed by atoms with Gasteiger partial charge in [0.25, 0.3) is 0 Å². The summed E-state index contributed by atoms with van der Waals surface area (Å²) in [6.07, 6.45) is -2.81. The van der Waals surface area contributed by atoms with E-state index in [4.69, 9.17) is 5.73 Å². The lowest BCUT2D eigenvalue weighted by Crippen LogP contribution is -2.55. The zero-order valence-electron chi connectivity index (χ0n) is 11.7. The Balaban J connectivity index is 2.86. The molecular formula is C12H20F3N3O2. The molecule has 1 aliphatic rings. The summed E-state index contributed by atoms with van der Waals surface area (Å²) in [5, 5.41) is 0. The highest BCUT2D eigenvalue weighted by Crippen LogP contribution is 2.41. The fourth-order valence-corrected chi connectivity index (χ4v) is 2.16. The first-order valence-electron chi connectivity index (χ1n) is 6.38. The summed E-state index contributed by atoms with van der Waals surface area (Å²) in [6, 6.07) is 0. The molecule has 0 unspecified atom stereocenters. The van der Waals surface area contributed by atoms with Gasteiger partial charge < -0.3 is 15.5 Å². The maximum Gasteiger partial charge on any atom is 0.406 e. The fourth-order valence-electron chi connectivity index (χ4n) is 2.16. The third kappa shape index (κ3) is 3.84. The minimum absolute atomic E-state index is 0.0103. The third-order valence-electron chi connectivity index (χ3n) is 3.64. The summed E-state index contributed by atoms with van der Waals surface area (Å²) < 4.78 is 37.7. The van der Waals surface area contributed by atoms with E-state index in [0.717, 1.165) is 11.3 Å². The van der Waals surface area contributed by atoms with E-state index in [-0.39, 0.29) is 6.54 Å². The van der Waals surface area contributed by atoms with E-state index in [1.807, 2.05) is 0 Å². The van der Waals surface area contributed by atoms with Crippen LogP contribution in [-0.4, -0.2) is 61.5 Å². The lowest BCUT2D eigenvalue weighted by molar-refractivity contribution is -0.172. The van der Waals surface area contributed by atoms with Crippen molar-refractivity contribution in [1.29, 1.82) is 0 Å². The van der Waals surface area contributed by atoms with Crippen LogP contribution in [0.2, 0.25) is 0 Å². The van der Waals surface area contributed by atoms with E-state index in [0.29, 0.717) is 17.7 Å². The first-order valence-corrected chi connectivity index (χ1v) is 6.38. The second-order valence-corrected chi connectivity index (χ2v) is 5.40. The van der Waals surface area contributed by atoms with Crippen molar-refractivity contribution in [3.63, 3.8) is 0 Å². The number of hydrogen-bond acceptors (Lipinski definition) is 3. The number of carbonyl (C=O) groups excluding carboxylic acids is 2. The molecule has 0 spiro atoms. The van der Waals surface area contributed by atoms with Crippen molar-refractivity contribution in [2.24, 2.45) is 11.1 Å². The molecule has 0 saturated heterocycles. The molecule has 2 N–H and O–H groups in total. The van der Waals surface area contributed by atoms with E-state index in [1.54, 1.807) is 0 Å². The molecule has 116 valence electrons. The maximum absolute atomic E-state index is 12.6. The summed E-state index contributed by atoms with van der Waals surface area (Å²) in [7, 11) is 2.86. The molecule has 2 amide bonds. The molecule has 0 aliphatic heterocycles. The van der Waals surface area contributed by atoms with Gasteiger partial charge in [-0.1, -0.05) is 6.42 Å². The molecule has 0 aromatic carbocycles. The van der Waals surface area contributed by atoms with Crippen LogP contribution in [0, 0.1) is 5.41 Å². The number of hydrogen-bond donors (Lipinski definition) is 1. The molecule has 5 nitrogen and oxygen atoms in total. The summed E-state index contributed by atoms with van der Waals surface area (Å²) >= 11 is 0. The van der Waals surface area contributed by atoms with Crippen molar-refractivity contribution in [3.05, 3.63) is 0 Å². The summed E-state index contributed by atoms with van der Waals surface area (Å²) in [5.74, 6) is -1.21. The average molecular weight is 295 g/mol. The number of alkyl halides is 3. The molecule has 0 aromatic heterocycles. The Hall–Kier alpha value is -1.31. The Morgan fingerprint density at radius 1 is 1.25 bits per heavy atom. The van der Waals surface area contributed by atoms with Crippen LogP contribution in [0.5, 0.6) is 0 Å². The normalized spacial score (nSPS) is 17.3. The minimum Gasteiger partial charge on any atom is -0.347 e. The van der Waals surface area contributed by atoms with Crippen molar-refractivity contribution in [2.45, 2.75) is 25.4 Å². The number of halogens is 3. The largest absolute Gasteiger partial charge is 0.406 e. The van der Waals surface area contributed by atoms with Crippen LogP contribution in [0.25, 0.3) is 0 Å². The molecule has 0 bridgehead atoms. The quantitative estimate of drug-likeness (QED) is 0.807. The van der Waals surface area contributed by atoms with Crippen molar-refractivity contribution in [3.8, 4) is 0 Å².